The summed E-state index contributed by atoms with van der Waals surface area (Å²) in [6, 6.07) is 8.68. The van der Waals surface area contributed by atoms with E-state index in [1.807, 2.05) is 0 Å². The van der Waals surface area contributed by atoms with E-state index in [9.17, 15) is 0 Å². The predicted molar refractivity (Wildman–Crippen MR) is 89.6 cm³/mol. The van der Waals surface area contributed by atoms with E-state index in [-0.39, 0.29) is 0 Å². The van der Waals surface area contributed by atoms with Gasteiger partial charge in [-0.2, -0.15) is 0 Å². The molecule has 0 unspecified atom stereocenters. The molecule has 0 spiro atoms. The van der Waals surface area contributed by atoms with E-state index < -0.39 is 0 Å². The number of nitrogens with zero attached hydrogens (tertiary/aromatic N) is 1. The van der Waals surface area contributed by atoms with E-state index in [2.05, 4.69) is 61.1 Å². The lowest BCUT2D eigenvalue weighted by atomic mass is 9.92. The molecule has 2 rings (SSSR count). The lowest BCUT2D eigenvalue weighted by Gasteiger charge is -2.18. The molecule has 3 nitrogen and oxygen atoms in total. The van der Waals surface area contributed by atoms with Gasteiger partial charge in [0.05, 0.1) is 6.61 Å². The maximum Gasteiger partial charge on any atom is 0.0587 e. The molecule has 0 aliphatic carbocycles. The molecule has 1 N–H and O–H groups in total. The van der Waals surface area contributed by atoms with Crippen LogP contribution >= 0.6 is 0 Å². The first-order valence-corrected chi connectivity index (χ1v) is 7.78. The van der Waals surface area contributed by atoms with Crippen molar-refractivity contribution in [2.75, 3.05) is 20.3 Å². The first kappa shape index (κ1) is 16.1. The van der Waals surface area contributed by atoms with E-state index in [4.69, 9.17) is 4.74 Å². The lowest BCUT2D eigenvalue weighted by Crippen LogP contribution is -2.18. The van der Waals surface area contributed by atoms with Gasteiger partial charge < -0.3 is 14.6 Å². The number of nitrogens with one attached hydrogen (secondary N) is 1. The van der Waals surface area contributed by atoms with Crippen molar-refractivity contribution in [2.45, 2.75) is 40.3 Å². The smallest absolute Gasteiger partial charge is 0.0587 e. The lowest BCUT2D eigenvalue weighted by molar-refractivity contribution is 0.199. The number of methoxy groups -OCH3 is 1. The molecule has 0 amide bonds. The monoisotopic (exact) mass is 288 g/mol. The minimum atomic E-state index is 0.363. The molecule has 0 aliphatic heterocycles. The van der Waals surface area contributed by atoms with Gasteiger partial charge in [-0.25, -0.2) is 0 Å². The summed E-state index contributed by atoms with van der Waals surface area (Å²) in [5.74, 6) is 0. The quantitative estimate of drug-likeness (QED) is 0.784. The second kappa shape index (κ2) is 7.10. The van der Waals surface area contributed by atoms with Gasteiger partial charge in [-0.3, -0.25) is 0 Å². The molecular weight excluding hydrogens is 260 g/mol. The maximum absolute atomic E-state index is 5.08. The van der Waals surface area contributed by atoms with Crippen molar-refractivity contribution < 1.29 is 4.74 Å². The van der Waals surface area contributed by atoms with Gasteiger partial charge in [0.15, 0.2) is 0 Å². The fraction of sp³-hybridized carbons (Fsp3) is 0.556. The van der Waals surface area contributed by atoms with Gasteiger partial charge in [-0.05, 0) is 23.5 Å². The third kappa shape index (κ3) is 4.58. The molecule has 0 atom stereocenters. The molecule has 2 aromatic rings. The molecule has 0 saturated heterocycles. The third-order valence-corrected chi connectivity index (χ3v) is 3.77. The van der Waals surface area contributed by atoms with Crippen LogP contribution in [0.2, 0.25) is 0 Å². The Kier molecular flexibility index (Phi) is 5.43. The molecule has 1 heterocycles. The molecule has 0 aliphatic rings. The number of rotatable bonds is 7. The zero-order valence-electron chi connectivity index (χ0n) is 13.8. The van der Waals surface area contributed by atoms with Crippen LogP contribution in [0.3, 0.4) is 0 Å². The Labute approximate surface area is 128 Å². The van der Waals surface area contributed by atoms with Crippen molar-refractivity contribution in [1.29, 1.82) is 0 Å². The van der Waals surface area contributed by atoms with E-state index in [0.29, 0.717) is 5.41 Å². The van der Waals surface area contributed by atoms with Crippen molar-refractivity contribution >= 4 is 10.9 Å². The SMILES string of the molecule is COCCNCc1cn(CCC(C)(C)C)c2ccccc12. The Bertz CT molecular complexity index is 566. The molecule has 3 heteroatoms. The summed E-state index contributed by atoms with van der Waals surface area (Å²) in [6.45, 7) is 10.5. The summed E-state index contributed by atoms with van der Waals surface area (Å²) in [5.41, 5.74) is 3.07. The molecule has 1 aromatic heterocycles. The number of hydrogen-bond donors (Lipinski definition) is 1. The van der Waals surface area contributed by atoms with Gasteiger partial charge in [0.25, 0.3) is 0 Å². The zero-order valence-corrected chi connectivity index (χ0v) is 13.8. The average Bonchev–Trinajstić information content (AvgIpc) is 2.79. The van der Waals surface area contributed by atoms with Crippen molar-refractivity contribution in [3.05, 3.63) is 36.0 Å². The Morgan fingerprint density at radius 3 is 2.67 bits per heavy atom. The third-order valence-electron chi connectivity index (χ3n) is 3.77. The second-order valence-corrected chi connectivity index (χ2v) is 6.85. The maximum atomic E-state index is 5.08. The fourth-order valence-corrected chi connectivity index (χ4v) is 2.50. The molecule has 0 saturated carbocycles. The van der Waals surface area contributed by atoms with E-state index >= 15 is 0 Å². The van der Waals surface area contributed by atoms with Gasteiger partial charge in [-0.1, -0.05) is 39.0 Å². The van der Waals surface area contributed by atoms with Gasteiger partial charge >= 0.3 is 0 Å². The van der Waals surface area contributed by atoms with E-state index in [0.717, 1.165) is 26.2 Å². The normalized spacial score (nSPS) is 12.2. The van der Waals surface area contributed by atoms with Gasteiger partial charge in [0.2, 0.25) is 0 Å². The fourth-order valence-electron chi connectivity index (χ4n) is 2.50. The summed E-state index contributed by atoms with van der Waals surface area (Å²) in [4.78, 5) is 0. The number of benzene rings is 1. The number of aryl methyl sites for hydroxylation is 1. The standard InChI is InChI=1S/C18H28N2O/c1-18(2,3)9-11-20-14-15(13-19-10-12-21-4)16-7-5-6-8-17(16)20/h5-8,14,19H,9-13H2,1-4H3. The highest BCUT2D eigenvalue weighted by Gasteiger charge is 2.12. The van der Waals surface area contributed by atoms with Crippen LogP contribution in [0.15, 0.2) is 30.5 Å². The average molecular weight is 288 g/mol. The molecular formula is C18H28N2O. The Balaban J connectivity index is 2.14. The summed E-state index contributed by atoms with van der Waals surface area (Å²) >= 11 is 0. The highest BCUT2D eigenvalue weighted by atomic mass is 16.5. The predicted octanol–water partition coefficient (Wildman–Crippen LogP) is 3.81. The van der Waals surface area contributed by atoms with Gasteiger partial charge in [0, 0.05) is 43.8 Å². The van der Waals surface area contributed by atoms with Gasteiger partial charge in [0.1, 0.15) is 0 Å². The highest BCUT2D eigenvalue weighted by molar-refractivity contribution is 5.83. The number of fused-ring (bicyclic) bond motifs is 1. The first-order valence-electron chi connectivity index (χ1n) is 7.78. The Morgan fingerprint density at radius 1 is 1.19 bits per heavy atom. The molecule has 1 aromatic carbocycles. The summed E-state index contributed by atoms with van der Waals surface area (Å²) < 4.78 is 7.48. The van der Waals surface area contributed by atoms with Crippen LogP contribution in [0.25, 0.3) is 10.9 Å². The minimum absolute atomic E-state index is 0.363. The van der Waals surface area contributed by atoms with Crippen LogP contribution in [0, 0.1) is 5.41 Å². The molecule has 0 radical (unpaired) electrons. The zero-order chi connectivity index (χ0) is 15.3. The largest absolute Gasteiger partial charge is 0.383 e. The summed E-state index contributed by atoms with van der Waals surface area (Å²) in [7, 11) is 1.74. The molecule has 0 bridgehead atoms. The van der Waals surface area contributed by atoms with Crippen LogP contribution in [0.5, 0.6) is 0 Å². The minimum Gasteiger partial charge on any atom is -0.383 e. The number of hydrogen-bond acceptors (Lipinski definition) is 2. The van der Waals surface area contributed by atoms with E-state index in [1.54, 1.807) is 7.11 Å². The summed E-state index contributed by atoms with van der Waals surface area (Å²) in [5, 5.41) is 4.80. The van der Waals surface area contributed by atoms with Gasteiger partial charge in [-0.15, -0.1) is 0 Å². The van der Waals surface area contributed by atoms with Crippen LogP contribution < -0.4 is 5.32 Å². The highest BCUT2D eigenvalue weighted by Crippen LogP contribution is 2.25. The Hall–Kier alpha value is -1.32. The molecule has 116 valence electrons. The molecule has 0 fully saturated rings. The topological polar surface area (TPSA) is 26.2 Å². The van der Waals surface area contributed by atoms with Crippen LogP contribution in [0.1, 0.15) is 32.8 Å². The molecule has 21 heavy (non-hydrogen) atoms. The van der Waals surface area contributed by atoms with Crippen LogP contribution in [0.4, 0.5) is 0 Å². The van der Waals surface area contributed by atoms with Crippen LogP contribution in [-0.4, -0.2) is 24.8 Å². The number of para-hydroxylation sites is 1. The van der Waals surface area contributed by atoms with E-state index in [1.165, 1.54) is 22.9 Å². The number of aromatic nitrogens is 1. The van der Waals surface area contributed by atoms with Crippen molar-refractivity contribution in [2.24, 2.45) is 5.41 Å². The number of ether oxygens (including phenoxy) is 1. The first-order chi connectivity index (χ1) is 10.0. The second-order valence-electron chi connectivity index (χ2n) is 6.85. The summed E-state index contributed by atoms with van der Waals surface area (Å²) in [6.07, 6.45) is 3.48. The van der Waals surface area contributed by atoms with Crippen molar-refractivity contribution in [1.82, 2.24) is 9.88 Å². The van der Waals surface area contributed by atoms with Crippen molar-refractivity contribution in [3.8, 4) is 0 Å². The van der Waals surface area contributed by atoms with Crippen LogP contribution in [-0.2, 0) is 17.8 Å². The van der Waals surface area contributed by atoms with Crippen molar-refractivity contribution in [3.63, 3.8) is 0 Å². The Morgan fingerprint density at radius 2 is 1.95 bits per heavy atom.